The molecule has 0 aliphatic rings. The molecule has 0 fully saturated rings. The van der Waals surface area contributed by atoms with Gasteiger partial charge in [-0.15, -0.1) is 0 Å². The lowest BCUT2D eigenvalue weighted by atomic mass is 9.74. The van der Waals surface area contributed by atoms with Crippen LogP contribution in [0, 0.1) is 0 Å². The van der Waals surface area contributed by atoms with Gasteiger partial charge in [-0.2, -0.15) is 0 Å². The maximum Gasteiger partial charge on any atom is 0.0581 e. The number of nitrogens with zero attached hydrogens (tertiary/aromatic N) is 1. The van der Waals surface area contributed by atoms with Gasteiger partial charge in [-0.05, 0) is 62.9 Å². The zero-order valence-electron chi connectivity index (χ0n) is 24.8. The molecule has 0 unspecified atom stereocenters. The summed E-state index contributed by atoms with van der Waals surface area (Å²) < 4.78 is 2.51. The summed E-state index contributed by atoms with van der Waals surface area (Å²) in [5, 5.41) is 5.40. The van der Waals surface area contributed by atoms with Crippen molar-refractivity contribution in [2.75, 3.05) is 0 Å². The predicted octanol–water partition coefficient (Wildman–Crippen LogP) is 10.5. The van der Waals surface area contributed by atoms with Crippen LogP contribution >= 0.6 is 18.5 Å². The summed E-state index contributed by atoms with van der Waals surface area (Å²) in [6, 6.07) is 44.7. The van der Waals surface area contributed by atoms with Crippen molar-refractivity contribution in [1.82, 2.24) is 4.57 Å². The van der Waals surface area contributed by atoms with E-state index in [1.54, 1.807) is 0 Å². The van der Waals surface area contributed by atoms with E-state index < -0.39 is 7.12 Å². The minimum atomic E-state index is -0.566. The molecule has 5 aromatic carbocycles. The predicted molar refractivity (Wildman–Crippen MR) is 183 cm³/mol. The molecular weight excluding hydrogens is 533 g/mol. The minimum Gasteiger partial charge on any atom is -0.309 e. The average Bonchev–Trinajstić information content (AvgIpc) is 3.30. The van der Waals surface area contributed by atoms with Crippen molar-refractivity contribution in [3.05, 3.63) is 132 Å². The molecule has 0 saturated heterocycles. The highest BCUT2D eigenvalue weighted by atomic mass is 32.7. The van der Waals surface area contributed by atoms with Crippen molar-refractivity contribution in [3.63, 3.8) is 0 Å². The van der Waals surface area contributed by atoms with Crippen LogP contribution in [0.15, 0.2) is 126 Å². The summed E-state index contributed by atoms with van der Waals surface area (Å²) in [7, 11) is -0.566. The fourth-order valence-corrected chi connectivity index (χ4v) is 10.1. The van der Waals surface area contributed by atoms with Gasteiger partial charge in [0.25, 0.3) is 0 Å². The van der Waals surface area contributed by atoms with E-state index in [9.17, 15) is 0 Å². The van der Waals surface area contributed by atoms with E-state index in [0.717, 1.165) is 0 Å². The highest BCUT2D eigenvalue weighted by molar-refractivity contribution is 8.60. The van der Waals surface area contributed by atoms with Gasteiger partial charge in [0, 0.05) is 28.5 Å². The smallest absolute Gasteiger partial charge is 0.0581 e. The van der Waals surface area contributed by atoms with E-state index >= 15 is 0 Å². The summed E-state index contributed by atoms with van der Waals surface area (Å²) in [6.45, 7) is 14.1. The molecule has 3 heteroatoms. The Morgan fingerprint density at radius 3 is 1.66 bits per heavy atom. The molecule has 206 valence electrons. The van der Waals surface area contributed by atoms with E-state index in [-0.39, 0.29) is 10.8 Å². The highest BCUT2D eigenvalue weighted by Gasteiger charge is 2.30. The average molecular weight is 572 g/mol. The maximum absolute atomic E-state index is 2.51. The van der Waals surface area contributed by atoms with Crippen molar-refractivity contribution < 1.29 is 0 Å². The Bertz CT molecular complexity index is 1770. The Kier molecular flexibility index (Phi) is 7.35. The topological polar surface area (TPSA) is 4.93 Å². The van der Waals surface area contributed by atoms with Gasteiger partial charge < -0.3 is 4.57 Å². The normalized spacial score (nSPS) is 12.5. The molecule has 0 saturated carbocycles. The largest absolute Gasteiger partial charge is 0.309 e. The van der Waals surface area contributed by atoms with E-state index in [2.05, 4.69) is 167 Å². The van der Waals surface area contributed by atoms with Crippen LogP contribution in [-0.2, 0) is 10.8 Å². The summed E-state index contributed by atoms with van der Waals surface area (Å²) in [6.07, 6.45) is 0. The summed E-state index contributed by atoms with van der Waals surface area (Å²) in [5.74, 6) is 0. The van der Waals surface area contributed by atoms with Crippen LogP contribution in [0.1, 0.15) is 52.7 Å². The zero-order valence-corrected chi connectivity index (χ0v) is 26.6. The summed E-state index contributed by atoms with van der Waals surface area (Å²) >= 11 is 1.98. The number of para-hydroxylation sites is 1. The monoisotopic (exact) mass is 571 g/mol. The molecule has 0 N–H and O–H groups in total. The van der Waals surface area contributed by atoms with E-state index in [4.69, 9.17) is 0 Å². The van der Waals surface area contributed by atoms with Crippen LogP contribution in [0.25, 0.3) is 27.5 Å². The van der Waals surface area contributed by atoms with Gasteiger partial charge in [0.1, 0.15) is 0 Å². The molecule has 0 bridgehead atoms. The number of aromatic nitrogens is 1. The first-order valence-electron chi connectivity index (χ1n) is 14.4. The van der Waals surface area contributed by atoms with E-state index in [0.29, 0.717) is 0 Å². The highest BCUT2D eigenvalue weighted by Crippen LogP contribution is 2.52. The molecule has 41 heavy (non-hydrogen) atoms. The van der Waals surface area contributed by atoms with Crippen molar-refractivity contribution >= 4 is 50.9 Å². The Balaban J connectivity index is 1.50. The third-order valence-corrected chi connectivity index (χ3v) is 12.3. The van der Waals surface area contributed by atoms with Crippen LogP contribution in [-0.4, -0.2) is 4.57 Å². The third-order valence-electron chi connectivity index (χ3n) is 7.67. The van der Waals surface area contributed by atoms with Crippen LogP contribution in [0.5, 0.6) is 0 Å². The van der Waals surface area contributed by atoms with Crippen LogP contribution in [0.3, 0.4) is 0 Å². The first-order chi connectivity index (χ1) is 19.6. The first-order valence-corrected chi connectivity index (χ1v) is 17.1. The van der Waals surface area contributed by atoms with Gasteiger partial charge in [-0.3, -0.25) is 0 Å². The van der Waals surface area contributed by atoms with E-state index in [1.807, 2.05) is 11.4 Å². The molecule has 6 aromatic rings. The number of fused-ring (bicyclic) bond motifs is 3. The Morgan fingerprint density at radius 1 is 0.537 bits per heavy atom. The van der Waals surface area contributed by atoms with Gasteiger partial charge in [0.15, 0.2) is 0 Å². The van der Waals surface area contributed by atoms with Crippen LogP contribution < -0.4 is 10.6 Å². The summed E-state index contributed by atoms with van der Waals surface area (Å²) in [5.41, 5.74) is 6.70. The van der Waals surface area contributed by atoms with Crippen LogP contribution in [0.4, 0.5) is 0 Å². The molecule has 0 radical (unpaired) electrons. The van der Waals surface area contributed by atoms with Crippen molar-refractivity contribution in [2.45, 2.75) is 57.3 Å². The molecular formula is C38H38NPS. The molecule has 0 atom stereocenters. The van der Waals surface area contributed by atoms with Crippen molar-refractivity contribution in [3.8, 4) is 5.69 Å². The standard InChI is InChI=1S/C38H38NPS/c1-37(2,3)33-26-25-32-31-19-13-14-20-34(31)39(36(32)35(33)38(4,5)6)27-21-23-30(24-22-27)41-40(28-15-9-7-10-16-28)29-17-11-8-12-18-29/h7-26H,1-6H3. The molecule has 1 heterocycles. The quantitative estimate of drug-likeness (QED) is 0.186. The van der Waals surface area contributed by atoms with Crippen molar-refractivity contribution in [2.24, 2.45) is 0 Å². The number of hydrogen-bond donors (Lipinski definition) is 0. The Morgan fingerprint density at radius 2 is 1.10 bits per heavy atom. The lowest BCUT2D eigenvalue weighted by molar-refractivity contribution is 0.533. The Labute approximate surface area is 250 Å². The number of hydrogen-bond acceptors (Lipinski definition) is 1. The van der Waals surface area contributed by atoms with Gasteiger partial charge >= 0.3 is 0 Å². The maximum atomic E-state index is 2.51. The molecule has 0 aliphatic heterocycles. The second-order valence-corrected chi connectivity index (χ2v) is 16.7. The second-order valence-electron chi connectivity index (χ2n) is 12.8. The molecule has 1 aromatic heterocycles. The van der Waals surface area contributed by atoms with Crippen molar-refractivity contribution in [1.29, 1.82) is 0 Å². The lowest BCUT2D eigenvalue weighted by Crippen LogP contribution is -2.23. The first kappa shape index (κ1) is 27.8. The van der Waals surface area contributed by atoms with Gasteiger partial charge in [-0.25, -0.2) is 0 Å². The fraction of sp³-hybridized carbons (Fsp3) is 0.211. The van der Waals surface area contributed by atoms with Gasteiger partial charge in [0.05, 0.1) is 11.0 Å². The number of benzene rings is 5. The minimum absolute atomic E-state index is 0.00869. The number of rotatable bonds is 5. The fourth-order valence-electron chi connectivity index (χ4n) is 5.85. The zero-order chi connectivity index (χ0) is 28.8. The molecule has 1 nitrogen and oxygen atoms in total. The second kappa shape index (κ2) is 10.8. The molecule has 0 amide bonds. The van der Waals surface area contributed by atoms with Gasteiger partial charge in [0.2, 0.25) is 0 Å². The molecule has 0 spiro atoms. The van der Waals surface area contributed by atoms with Gasteiger partial charge in [-0.1, -0.05) is 144 Å². The van der Waals surface area contributed by atoms with E-state index in [1.165, 1.54) is 54.1 Å². The third kappa shape index (κ3) is 5.36. The molecule has 0 aliphatic carbocycles. The van der Waals surface area contributed by atoms with Crippen LogP contribution in [0.2, 0.25) is 0 Å². The Hall–Kier alpha value is -3.32. The lowest BCUT2D eigenvalue weighted by Gasteiger charge is -2.31. The summed E-state index contributed by atoms with van der Waals surface area (Å²) in [4.78, 5) is 1.29. The SMILES string of the molecule is CC(C)(C)c1ccc2c3ccccc3n(-c3ccc(SP(c4ccccc4)c4ccccc4)cc3)c2c1C(C)(C)C. The molecule has 6 rings (SSSR count).